The number of thiophene rings is 1. The van der Waals surface area contributed by atoms with Gasteiger partial charge in [0.25, 0.3) is 10.0 Å². The minimum absolute atomic E-state index is 0.315. The molecule has 3 aromatic heterocycles. The zero-order valence-electron chi connectivity index (χ0n) is 14.3. The third-order valence-electron chi connectivity index (χ3n) is 4.09. The summed E-state index contributed by atoms with van der Waals surface area (Å²) in [6.45, 7) is 3.91. The summed E-state index contributed by atoms with van der Waals surface area (Å²) in [7, 11) is -3.55. The molecule has 132 valence electrons. The number of aryl methyl sites for hydroxylation is 2. The van der Waals surface area contributed by atoms with Gasteiger partial charge in [0.05, 0.1) is 5.69 Å². The molecule has 1 aromatic carbocycles. The van der Waals surface area contributed by atoms with Gasteiger partial charge in [0, 0.05) is 28.5 Å². The maximum absolute atomic E-state index is 12.4. The maximum Gasteiger partial charge on any atom is 0.271 e. The smallest absolute Gasteiger partial charge is 0.271 e. The minimum atomic E-state index is -3.55. The Kier molecular flexibility index (Phi) is 4.05. The van der Waals surface area contributed by atoms with E-state index in [1.165, 1.54) is 11.3 Å². The quantitative estimate of drug-likeness (QED) is 0.565. The average Bonchev–Trinajstić information content (AvgIpc) is 3.23. The number of anilines is 1. The van der Waals surface area contributed by atoms with E-state index >= 15 is 0 Å². The van der Waals surface area contributed by atoms with Crippen molar-refractivity contribution in [2.45, 2.75) is 18.1 Å². The molecule has 3 heterocycles. The summed E-state index contributed by atoms with van der Waals surface area (Å²) in [6, 6.07) is 14.7. The first-order valence-electron chi connectivity index (χ1n) is 8.06. The van der Waals surface area contributed by atoms with Gasteiger partial charge in [-0.15, -0.1) is 11.3 Å². The molecule has 0 aliphatic rings. The predicted molar refractivity (Wildman–Crippen MR) is 105 cm³/mol. The Balaban J connectivity index is 1.61. The fraction of sp³-hybridized carbons (Fsp3) is 0.105. The first kappa shape index (κ1) is 16.8. The molecule has 1 N–H and O–H groups in total. The van der Waals surface area contributed by atoms with Gasteiger partial charge < -0.3 is 4.40 Å². The Morgan fingerprint density at radius 2 is 1.81 bits per heavy atom. The second-order valence-electron chi connectivity index (χ2n) is 6.10. The van der Waals surface area contributed by atoms with Gasteiger partial charge in [0.15, 0.2) is 0 Å². The first-order chi connectivity index (χ1) is 12.4. The SMILES string of the molecule is Cc1ccc(S(=O)(=O)Nc2ccc(-c3cn4cccc(C)c4n3)cc2)s1. The molecule has 0 atom stereocenters. The monoisotopic (exact) mass is 383 g/mol. The summed E-state index contributed by atoms with van der Waals surface area (Å²) >= 11 is 1.25. The molecule has 4 rings (SSSR count). The van der Waals surface area contributed by atoms with Crippen molar-refractivity contribution in [2.75, 3.05) is 4.72 Å². The van der Waals surface area contributed by atoms with Gasteiger partial charge in [-0.1, -0.05) is 18.2 Å². The fourth-order valence-electron chi connectivity index (χ4n) is 2.76. The number of benzene rings is 1. The molecular weight excluding hydrogens is 366 g/mol. The van der Waals surface area contributed by atoms with Crippen molar-refractivity contribution in [1.29, 1.82) is 0 Å². The van der Waals surface area contributed by atoms with Gasteiger partial charge in [-0.2, -0.15) is 0 Å². The zero-order valence-corrected chi connectivity index (χ0v) is 15.9. The lowest BCUT2D eigenvalue weighted by Gasteiger charge is -2.06. The molecule has 4 aromatic rings. The van der Waals surface area contributed by atoms with Crippen molar-refractivity contribution in [3.63, 3.8) is 0 Å². The molecule has 0 bridgehead atoms. The van der Waals surface area contributed by atoms with Crippen LogP contribution in [0, 0.1) is 13.8 Å². The van der Waals surface area contributed by atoms with Crippen molar-refractivity contribution in [2.24, 2.45) is 0 Å². The van der Waals surface area contributed by atoms with Crippen molar-refractivity contribution in [1.82, 2.24) is 9.38 Å². The van der Waals surface area contributed by atoms with Gasteiger partial charge in [0.1, 0.15) is 9.86 Å². The Hall–Kier alpha value is -2.64. The molecule has 0 aliphatic carbocycles. The lowest BCUT2D eigenvalue weighted by Crippen LogP contribution is -2.11. The third kappa shape index (κ3) is 3.11. The summed E-state index contributed by atoms with van der Waals surface area (Å²) in [4.78, 5) is 5.62. The minimum Gasteiger partial charge on any atom is -0.306 e. The Morgan fingerprint density at radius 1 is 1.04 bits per heavy atom. The lowest BCUT2D eigenvalue weighted by atomic mass is 10.1. The lowest BCUT2D eigenvalue weighted by molar-refractivity contribution is 0.603. The highest BCUT2D eigenvalue weighted by Crippen LogP contribution is 2.26. The van der Waals surface area contributed by atoms with Crippen molar-refractivity contribution in [3.8, 4) is 11.3 Å². The van der Waals surface area contributed by atoms with Gasteiger partial charge in [-0.25, -0.2) is 13.4 Å². The van der Waals surface area contributed by atoms with Gasteiger partial charge in [-0.3, -0.25) is 4.72 Å². The molecule has 0 fully saturated rings. The molecule has 0 saturated heterocycles. The molecule has 0 unspecified atom stereocenters. The fourth-order valence-corrected chi connectivity index (χ4v) is 5.11. The number of fused-ring (bicyclic) bond motifs is 1. The molecule has 0 aliphatic heterocycles. The van der Waals surface area contributed by atoms with Crippen molar-refractivity contribution in [3.05, 3.63) is 71.4 Å². The Bertz CT molecular complexity index is 1190. The molecule has 0 saturated carbocycles. The highest BCUT2D eigenvalue weighted by molar-refractivity contribution is 7.94. The molecular formula is C19H17N3O2S2. The highest BCUT2D eigenvalue weighted by Gasteiger charge is 2.16. The first-order valence-corrected chi connectivity index (χ1v) is 10.4. The van der Waals surface area contributed by atoms with E-state index in [1.807, 2.05) is 54.9 Å². The molecule has 26 heavy (non-hydrogen) atoms. The second kappa shape index (κ2) is 6.26. The number of nitrogens with zero attached hydrogens (tertiary/aromatic N) is 2. The number of aromatic nitrogens is 2. The summed E-state index contributed by atoms with van der Waals surface area (Å²) < 4.78 is 29.7. The van der Waals surface area contributed by atoms with Crippen LogP contribution in [0.3, 0.4) is 0 Å². The molecule has 5 nitrogen and oxygen atoms in total. The maximum atomic E-state index is 12.4. The second-order valence-corrected chi connectivity index (χ2v) is 9.29. The highest BCUT2D eigenvalue weighted by atomic mass is 32.2. The number of pyridine rings is 1. The number of imidazole rings is 1. The van der Waals surface area contributed by atoms with Crippen LogP contribution in [0.5, 0.6) is 0 Å². The van der Waals surface area contributed by atoms with Crippen LogP contribution in [-0.2, 0) is 10.0 Å². The zero-order chi connectivity index (χ0) is 18.3. The van der Waals surface area contributed by atoms with Crippen LogP contribution >= 0.6 is 11.3 Å². The molecule has 0 radical (unpaired) electrons. The normalized spacial score (nSPS) is 11.8. The number of hydrogen-bond acceptors (Lipinski definition) is 4. The average molecular weight is 383 g/mol. The van der Waals surface area contributed by atoms with Crippen LogP contribution in [0.25, 0.3) is 16.9 Å². The summed E-state index contributed by atoms with van der Waals surface area (Å²) in [5.74, 6) is 0. The largest absolute Gasteiger partial charge is 0.306 e. The number of rotatable bonds is 4. The predicted octanol–water partition coefficient (Wildman–Crippen LogP) is 4.48. The van der Waals surface area contributed by atoms with E-state index in [9.17, 15) is 8.42 Å². The summed E-state index contributed by atoms with van der Waals surface area (Å²) in [5.41, 5.74) is 4.33. The molecule has 0 spiro atoms. The molecule has 7 heteroatoms. The van der Waals surface area contributed by atoms with Crippen LogP contribution in [0.4, 0.5) is 5.69 Å². The van der Waals surface area contributed by atoms with Crippen molar-refractivity contribution >= 4 is 32.7 Å². The van der Waals surface area contributed by atoms with E-state index in [-0.39, 0.29) is 0 Å². The standard InChI is InChI=1S/C19H17N3O2S2/c1-13-4-3-11-22-12-17(20-19(13)22)15-6-8-16(9-7-15)21-26(23,24)18-10-5-14(2)25-18/h3-12,21H,1-2H3. The van der Waals surface area contributed by atoms with E-state index in [1.54, 1.807) is 24.3 Å². The number of nitrogens with one attached hydrogen (secondary N) is 1. The van der Waals surface area contributed by atoms with E-state index in [0.717, 1.165) is 27.3 Å². The van der Waals surface area contributed by atoms with Crippen LogP contribution in [0.15, 0.2) is 65.1 Å². The Morgan fingerprint density at radius 3 is 2.46 bits per heavy atom. The van der Waals surface area contributed by atoms with Gasteiger partial charge in [0.2, 0.25) is 0 Å². The topological polar surface area (TPSA) is 63.5 Å². The van der Waals surface area contributed by atoms with E-state index in [0.29, 0.717) is 9.90 Å². The Labute approximate surface area is 156 Å². The van der Waals surface area contributed by atoms with E-state index in [4.69, 9.17) is 0 Å². The van der Waals surface area contributed by atoms with E-state index in [2.05, 4.69) is 9.71 Å². The third-order valence-corrected chi connectivity index (χ3v) is 6.97. The number of hydrogen-bond donors (Lipinski definition) is 1. The number of sulfonamides is 1. The van der Waals surface area contributed by atoms with Crippen molar-refractivity contribution < 1.29 is 8.42 Å². The van der Waals surface area contributed by atoms with Gasteiger partial charge >= 0.3 is 0 Å². The van der Waals surface area contributed by atoms with Crippen LogP contribution in [-0.4, -0.2) is 17.8 Å². The summed E-state index contributed by atoms with van der Waals surface area (Å²) in [6.07, 6.45) is 3.93. The van der Waals surface area contributed by atoms with Crippen LogP contribution in [0.2, 0.25) is 0 Å². The van der Waals surface area contributed by atoms with Gasteiger partial charge in [-0.05, 0) is 49.7 Å². The summed E-state index contributed by atoms with van der Waals surface area (Å²) in [5, 5.41) is 0. The van der Waals surface area contributed by atoms with Crippen LogP contribution in [0.1, 0.15) is 10.4 Å². The van der Waals surface area contributed by atoms with Crippen LogP contribution < -0.4 is 4.72 Å². The molecule has 0 amide bonds. The van der Waals surface area contributed by atoms with E-state index < -0.39 is 10.0 Å².